The quantitative estimate of drug-likeness (QED) is 0.182. The molecule has 0 bridgehead atoms. The summed E-state index contributed by atoms with van der Waals surface area (Å²) in [6.07, 6.45) is 3.07. The maximum atomic E-state index is 11.6. The number of ether oxygens (including phenoxy) is 4. The third kappa shape index (κ3) is 24.3. The molecule has 0 spiro atoms. The number of nitrogens with one attached hydrogen (secondary N) is 2. The standard InChI is InChI=1S/C21H40N2O9/c1-21(2,3)32-20(27)23-31-17-16-30-15-14-29-13-12-28-11-10-22-18(24)8-6-4-5-7-9-19(25)26/h4-17H2,1-3H3,(H,22,24)(H,23,27)(H,25,26). The van der Waals surface area contributed by atoms with Crippen molar-refractivity contribution in [1.82, 2.24) is 10.8 Å². The first-order valence-corrected chi connectivity index (χ1v) is 11.0. The first-order valence-electron chi connectivity index (χ1n) is 11.0. The number of hydrogen-bond acceptors (Lipinski definition) is 8. The van der Waals surface area contributed by atoms with E-state index in [0.29, 0.717) is 59.0 Å². The molecule has 0 heterocycles. The first kappa shape index (κ1) is 30.0. The molecule has 11 nitrogen and oxygen atoms in total. The van der Waals surface area contributed by atoms with E-state index in [2.05, 4.69) is 10.8 Å². The molecule has 0 aromatic heterocycles. The average molecular weight is 465 g/mol. The van der Waals surface area contributed by atoms with Gasteiger partial charge in [-0.15, -0.1) is 0 Å². The molecule has 0 saturated heterocycles. The van der Waals surface area contributed by atoms with E-state index in [0.717, 1.165) is 19.3 Å². The third-order valence-electron chi connectivity index (χ3n) is 3.74. The molecule has 0 unspecified atom stereocenters. The summed E-state index contributed by atoms with van der Waals surface area (Å²) in [5.41, 5.74) is 1.59. The van der Waals surface area contributed by atoms with Crippen LogP contribution in [0.3, 0.4) is 0 Å². The second-order valence-corrected chi connectivity index (χ2v) is 7.95. The predicted octanol–water partition coefficient (Wildman–Crippen LogP) is 2.03. The minimum Gasteiger partial charge on any atom is -0.481 e. The molecule has 0 atom stereocenters. The van der Waals surface area contributed by atoms with E-state index in [1.54, 1.807) is 20.8 Å². The van der Waals surface area contributed by atoms with Crippen LogP contribution in [0.5, 0.6) is 0 Å². The zero-order valence-corrected chi connectivity index (χ0v) is 19.6. The van der Waals surface area contributed by atoms with Crippen LogP contribution in [0, 0.1) is 0 Å². The zero-order chi connectivity index (χ0) is 24.1. The second-order valence-electron chi connectivity index (χ2n) is 7.95. The molecule has 11 heteroatoms. The summed E-state index contributed by atoms with van der Waals surface area (Å²) in [5.74, 6) is -0.802. The summed E-state index contributed by atoms with van der Waals surface area (Å²) < 4.78 is 21.0. The SMILES string of the molecule is CC(C)(C)OC(=O)NOCCOCCOCCOCCNC(=O)CCCCCCC(=O)O. The van der Waals surface area contributed by atoms with Crippen LogP contribution >= 0.6 is 0 Å². The van der Waals surface area contributed by atoms with Crippen molar-refractivity contribution in [1.29, 1.82) is 0 Å². The van der Waals surface area contributed by atoms with Crippen LogP contribution in [-0.4, -0.2) is 81.5 Å². The van der Waals surface area contributed by atoms with E-state index in [1.807, 2.05) is 0 Å². The van der Waals surface area contributed by atoms with Gasteiger partial charge in [-0.05, 0) is 33.6 Å². The lowest BCUT2D eigenvalue weighted by Gasteiger charge is -2.19. The topological polar surface area (TPSA) is 142 Å². The van der Waals surface area contributed by atoms with Crippen LogP contribution in [0.25, 0.3) is 0 Å². The van der Waals surface area contributed by atoms with Gasteiger partial charge in [0.05, 0.1) is 46.2 Å². The number of hydrogen-bond donors (Lipinski definition) is 3. The van der Waals surface area contributed by atoms with Gasteiger partial charge in [0.25, 0.3) is 0 Å². The number of carbonyl (C=O) groups excluding carboxylic acids is 2. The Kier molecular flexibility index (Phi) is 18.5. The molecule has 188 valence electrons. The number of amides is 2. The van der Waals surface area contributed by atoms with E-state index in [9.17, 15) is 14.4 Å². The van der Waals surface area contributed by atoms with Crippen LogP contribution in [-0.2, 0) is 33.4 Å². The highest BCUT2D eigenvalue weighted by Crippen LogP contribution is 2.06. The van der Waals surface area contributed by atoms with E-state index in [1.165, 1.54) is 0 Å². The van der Waals surface area contributed by atoms with Crippen molar-refractivity contribution in [3.05, 3.63) is 0 Å². The molecule has 0 aliphatic rings. The Labute approximate surface area is 190 Å². The number of carbonyl (C=O) groups is 3. The van der Waals surface area contributed by atoms with Crippen molar-refractivity contribution in [2.75, 3.05) is 52.8 Å². The molecule has 2 amide bonds. The lowest BCUT2D eigenvalue weighted by molar-refractivity contribution is -0.137. The van der Waals surface area contributed by atoms with Gasteiger partial charge in [-0.3, -0.25) is 14.4 Å². The molecule has 0 saturated carbocycles. The monoisotopic (exact) mass is 464 g/mol. The van der Waals surface area contributed by atoms with E-state index >= 15 is 0 Å². The maximum Gasteiger partial charge on any atom is 0.431 e. The number of unbranched alkanes of at least 4 members (excludes halogenated alkanes) is 3. The van der Waals surface area contributed by atoms with Gasteiger partial charge in [-0.2, -0.15) is 5.48 Å². The summed E-state index contributed by atoms with van der Waals surface area (Å²) in [5, 5.41) is 11.3. The lowest BCUT2D eigenvalue weighted by atomic mass is 10.1. The summed E-state index contributed by atoms with van der Waals surface area (Å²) >= 11 is 0. The largest absolute Gasteiger partial charge is 0.481 e. The van der Waals surface area contributed by atoms with Gasteiger partial charge >= 0.3 is 12.1 Å². The number of carboxylic acid groups (broad SMARTS) is 1. The van der Waals surface area contributed by atoms with Crippen molar-refractivity contribution in [3.63, 3.8) is 0 Å². The molecule has 0 fully saturated rings. The van der Waals surface area contributed by atoms with Crippen LogP contribution in [0.15, 0.2) is 0 Å². The molecular formula is C21H40N2O9. The number of carboxylic acids is 1. The average Bonchev–Trinajstić information content (AvgIpc) is 2.69. The maximum absolute atomic E-state index is 11.6. The molecule has 0 aromatic carbocycles. The minimum absolute atomic E-state index is 0.0227. The fraction of sp³-hybridized carbons (Fsp3) is 0.857. The number of aliphatic carboxylic acids is 1. The van der Waals surface area contributed by atoms with Crippen molar-refractivity contribution >= 4 is 18.0 Å². The van der Waals surface area contributed by atoms with E-state index < -0.39 is 17.7 Å². The predicted molar refractivity (Wildman–Crippen MR) is 116 cm³/mol. The van der Waals surface area contributed by atoms with Crippen LogP contribution in [0.2, 0.25) is 0 Å². The molecule has 0 radical (unpaired) electrons. The number of rotatable bonds is 20. The van der Waals surface area contributed by atoms with Crippen LogP contribution in [0.4, 0.5) is 4.79 Å². The minimum atomic E-state index is -0.780. The highest BCUT2D eigenvalue weighted by Gasteiger charge is 2.15. The summed E-state index contributed by atoms with van der Waals surface area (Å²) in [6.45, 7) is 8.27. The Morgan fingerprint density at radius 1 is 0.750 bits per heavy atom. The first-order chi connectivity index (χ1) is 15.2. The van der Waals surface area contributed by atoms with Gasteiger partial charge < -0.3 is 29.4 Å². The fourth-order valence-corrected chi connectivity index (χ4v) is 2.32. The lowest BCUT2D eigenvalue weighted by Crippen LogP contribution is -2.33. The third-order valence-corrected chi connectivity index (χ3v) is 3.74. The summed E-state index contributed by atoms with van der Waals surface area (Å²) in [7, 11) is 0. The summed E-state index contributed by atoms with van der Waals surface area (Å²) in [6, 6.07) is 0. The molecule has 32 heavy (non-hydrogen) atoms. The van der Waals surface area contributed by atoms with Gasteiger partial charge in [0.1, 0.15) is 5.60 Å². The Bertz CT molecular complexity index is 510. The summed E-state index contributed by atoms with van der Waals surface area (Å²) in [4.78, 5) is 38.3. The van der Waals surface area contributed by atoms with Crippen LogP contribution < -0.4 is 10.8 Å². The highest BCUT2D eigenvalue weighted by molar-refractivity contribution is 5.75. The highest BCUT2D eigenvalue weighted by atomic mass is 16.7. The number of hydroxylamine groups is 1. The smallest absolute Gasteiger partial charge is 0.431 e. The van der Waals surface area contributed by atoms with Gasteiger partial charge in [0, 0.05) is 19.4 Å². The molecule has 0 aliphatic carbocycles. The van der Waals surface area contributed by atoms with Crippen molar-refractivity contribution in [2.24, 2.45) is 0 Å². The van der Waals surface area contributed by atoms with Crippen molar-refractivity contribution < 1.29 is 43.3 Å². The van der Waals surface area contributed by atoms with E-state index in [4.69, 9.17) is 28.9 Å². The van der Waals surface area contributed by atoms with Crippen LogP contribution in [0.1, 0.15) is 59.3 Å². The van der Waals surface area contributed by atoms with Gasteiger partial charge in [0.2, 0.25) is 5.91 Å². The van der Waals surface area contributed by atoms with Crippen molar-refractivity contribution in [2.45, 2.75) is 64.9 Å². The van der Waals surface area contributed by atoms with Gasteiger partial charge in [0.15, 0.2) is 0 Å². The molecular weight excluding hydrogens is 424 g/mol. The Morgan fingerprint density at radius 2 is 1.28 bits per heavy atom. The Balaban J connectivity index is 3.25. The van der Waals surface area contributed by atoms with Gasteiger partial charge in [-0.25, -0.2) is 4.79 Å². The molecule has 0 rings (SSSR count). The zero-order valence-electron chi connectivity index (χ0n) is 19.6. The van der Waals surface area contributed by atoms with Crippen molar-refractivity contribution in [3.8, 4) is 0 Å². The normalized spacial score (nSPS) is 11.2. The van der Waals surface area contributed by atoms with E-state index in [-0.39, 0.29) is 18.9 Å². The molecule has 0 aliphatic heterocycles. The molecule has 3 N–H and O–H groups in total. The molecule has 0 aromatic rings. The Hall–Kier alpha value is -1.95. The van der Waals surface area contributed by atoms with Gasteiger partial charge in [-0.1, -0.05) is 12.8 Å². The second kappa shape index (κ2) is 19.7. The fourth-order valence-electron chi connectivity index (χ4n) is 2.32. The Morgan fingerprint density at radius 3 is 1.84 bits per heavy atom.